The highest BCUT2D eigenvalue weighted by Crippen LogP contribution is 1.93. The van der Waals surface area contributed by atoms with Gasteiger partial charge < -0.3 is 21.5 Å². The molecule has 0 heterocycles. The van der Waals surface area contributed by atoms with Crippen molar-refractivity contribution in [1.82, 2.24) is 5.32 Å². The van der Waals surface area contributed by atoms with Crippen LogP contribution in [0, 0.1) is 0 Å². The molecule has 2 unspecified atom stereocenters. The van der Waals surface area contributed by atoms with E-state index in [0.717, 1.165) is 0 Å². The van der Waals surface area contributed by atoms with Gasteiger partial charge in [0.25, 0.3) is 0 Å². The summed E-state index contributed by atoms with van der Waals surface area (Å²) >= 11 is 0. The highest BCUT2D eigenvalue weighted by atomic mass is 16.5. The van der Waals surface area contributed by atoms with Crippen LogP contribution >= 0.6 is 0 Å². The molecule has 0 rings (SSSR count). The lowest BCUT2D eigenvalue weighted by molar-refractivity contribution is -0.126. The fourth-order valence-electron chi connectivity index (χ4n) is 1.03. The Morgan fingerprint density at radius 3 is 2.53 bits per heavy atom. The molecule has 2 amide bonds. The van der Waals surface area contributed by atoms with Crippen molar-refractivity contribution in [3.63, 3.8) is 0 Å². The third-order valence-electron chi connectivity index (χ3n) is 1.90. The Morgan fingerprint density at radius 1 is 1.47 bits per heavy atom. The number of amides is 2. The molecule has 15 heavy (non-hydrogen) atoms. The second-order valence-corrected chi connectivity index (χ2v) is 3.47. The first kappa shape index (κ1) is 13.9. The van der Waals surface area contributed by atoms with Gasteiger partial charge in [0.15, 0.2) is 0 Å². The van der Waals surface area contributed by atoms with Crippen LogP contribution in [0.25, 0.3) is 0 Å². The zero-order valence-electron chi connectivity index (χ0n) is 9.16. The quantitative estimate of drug-likeness (QED) is 0.494. The number of primary amides is 1. The lowest BCUT2D eigenvalue weighted by Crippen LogP contribution is -2.46. The van der Waals surface area contributed by atoms with E-state index in [1.54, 1.807) is 7.11 Å². The Labute approximate surface area is 89.3 Å². The summed E-state index contributed by atoms with van der Waals surface area (Å²) in [6.45, 7) is 2.40. The normalized spacial score (nSPS) is 14.3. The van der Waals surface area contributed by atoms with Gasteiger partial charge in [-0.1, -0.05) is 0 Å². The van der Waals surface area contributed by atoms with E-state index >= 15 is 0 Å². The van der Waals surface area contributed by atoms with Gasteiger partial charge in [-0.15, -0.1) is 0 Å². The van der Waals surface area contributed by atoms with Crippen molar-refractivity contribution in [3.8, 4) is 0 Å². The standard InChI is InChI=1S/C9H19N3O3/c1-6(3-4-15-2)12-9(14)7(10)5-8(11)13/h6-7H,3-5,10H2,1-2H3,(H2,11,13)(H,12,14). The van der Waals surface area contributed by atoms with E-state index in [0.29, 0.717) is 13.0 Å². The molecule has 88 valence electrons. The molecule has 0 fully saturated rings. The van der Waals surface area contributed by atoms with Crippen molar-refractivity contribution in [2.24, 2.45) is 11.5 Å². The number of carbonyl (C=O) groups excluding carboxylic acids is 2. The van der Waals surface area contributed by atoms with Gasteiger partial charge in [-0.05, 0) is 13.3 Å². The van der Waals surface area contributed by atoms with Crippen molar-refractivity contribution < 1.29 is 14.3 Å². The number of nitrogens with one attached hydrogen (secondary N) is 1. The number of nitrogens with two attached hydrogens (primary N) is 2. The molecule has 0 saturated heterocycles. The van der Waals surface area contributed by atoms with Gasteiger partial charge in [0, 0.05) is 19.8 Å². The monoisotopic (exact) mass is 217 g/mol. The SMILES string of the molecule is COCCC(C)NC(=O)C(N)CC(N)=O. The summed E-state index contributed by atoms with van der Waals surface area (Å²) in [6, 6.07) is -0.899. The molecule has 6 heteroatoms. The van der Waals surface area contributed by atoms with Gasteiger partial charge in [0.05, 0.1) is 12.5 Å². The van der Waals surface area contributed by atoms with Crippen LogP contribution in [0.2, 0.25) is 0 Å². The van der Waals surface area contributed by atoms with Gasteiger partial charge in [-0.2, -0.15) is 0 Å². The molecule has 0 spiro atoms. The average molecular weight is 217 g/mol. The van der Waals surface area contributed by atoms with Gasteiger partial charge in [0.2, 0.25) is 11.8 Å². The summed E-state index contributed by atoms with van der Waals surface area (Å²) in [5.41, 5.74) is 10.4. The Kier molecular flexibility index (Phi) is 6.64. The maximum Gasteiger partial charge on any atom is 0.237 e. The molecule has 2 atom stereocenters. The average Bonchev–Trinajstić information content (AvgIpc) is 2.13. The van der Waals surface area contributed by atoms with E-state index in [2.05, 4.69) is 5.32 Å². The first-order chi connectivity index (χ1) is 6.97. The third-order valence-corrected chi connectivity index (χ3v) is 1.90. The topological polar surface area (TPSA) is 107 Å². The molecule has 0 aromatic carbocycles. The molecule has 0 aliphatic carbocycles. The summed E-state index contributed by atoms with van der Waals surface area (Å²) in [5.74, 6) is -0.945. The fourth-order valence-corrected chi connectivity index (χ4v) is 1.03. The molecular formula is C9H19N3O3. The minimum absolute atomic E-state index is 0.0311. The number of rotatable bonds is 7. The van der Waals surface area contributed by atoms with Crippen molar-refractivity contribution >= 4 is 11.8 Å². The molecule has 0 bridgehead atoms. The zero-order valence-corrected chi connectivity index (χ0v) is 9.16. The maximum atomic E-state index is 11.4. The Morgan fingerprint density at radius 2 is 2.07 bits per heavy atom. The number of ether oxygens (including phenoxy) is 1. The van der Waals surface area contributed by atoms with Crippen LogP contribution in [0.3, 0.4) is 0 Å². The molecule has 0 radical (unpaired) electrons. The van der Waals surface area contributed by atoms with Gasteiger partial charge in [0.1, 0.15) is 0 Å². The number of hydrogen-bond donors (Lipinski definition) is 3. The Hall–Kier alpha value is -1.14. The Bertz CT molecular complexity index is 221. The predicted molar refractivity (Wildman–Crippen MR) is 55.9 cm³/mol. The van der Waals surface area contributed by atoms with Crippen LogP contribution in [0.5, 0.6) is 0 Å². The molecule has 5 N–H and O–H groups in total. The van der Waals surface area contributed by atoms with Crippen LogP contribution < -0.4 is 16.8 Å². The molecular weight excluding hydrogens is 198 g/mol. The highest BCUT2D eigenvalue weighted by Gasteiger charge is 2.17. The third kappa shape index (κ3) is 6.87. The molecule has 6 nitrogen and oxygen atoms in total. The highest BCUT2D eigenvalue weighted by molar-refractivity contribution is 5.87. The van der Waals surface area contributed by atoms with Crippen LogP contribution in [-0.4, -0.2) is 37.6 Å². The largest absolute Gasteiger partial charge is 0.385 e. The Balaban J connectivity index is 3.85. The smallest absolute Gasteiger partial charge is 0.237 e. The van der Waals surface area contributed by atoms with Crippen LogP contribution in [-0.2, 0) is 14.3 Å². The summed E-state index contributed by atoms with van der Waals surface area (Å²) in [4.78, 5) is 21.9. The van der Waals surface area contributed by atoms with E-state index in [1.165, 1.54) is 0 Å². The van der Waals surface area contributed by atoms with Gasteiger partial charge in [-0.25, -0.2) is 0 Å². The van der Waals surface area contributed by atoms with Crippen LogP contribution in [0.15, 0.2) is 0 Å². The summed E-state index contributed by atoms with van der Waals surface area (Å²) in [6.07, 6.45) is 0.564. The van der Waals surface area contributed by atoms with E-state index in [1.807, 2.05) is 6.92 Å². The summed E-state index contributed by atoms with van der Waals surface area (Å²) < 4.78 is 4.86. The predicted octanol–water partition coefficient (Wildman–Crippen LogP) is -1.27. The molecule has 0 aliphatic heterocycles. The van der Waals surface area contributed by atoms with Crippen LogP contribution in [0.1, 0.15) is 19.8 Å². The number of methoxy groups -OCH3 is 1. The van der Waals surface area contributed by atoms with E-state index < -0.39 is 11.9 Å². The zero-order chi connectivity index (χ0) is 11.8. The molecule has 0 saturated carbocycles. The number of hydrogen-bond acceptors (Lipinski definition) is 4. The summed E-state index contributed by atoms with van der Waals surface area (Å²) in [7, 11) is 1.59. The van der Waals surface area contributed by atoms with Crippen molar-refractivity contribution in [1.29, 1.82) is 0 Å². The fraction of sp³-hybridized carbons (Fsp3) is 0.778. The minimum Gasteiger partial charge on any atom is -0.385 e. The van der Waals surface area contributed by atoms with Crippen molar-refractivity contribution in [2.75, 3.05) is 13.7 Å². The lowest BCUT2D eigenvalue weighted by Gasteiger charge is -2.16. The van der Waals surface area contributed by atoms with Crippen LogP contribution in [0.4, 0.5) is 0 Å². The van der Waals surface area contributed by atoms with E-state index in [-0.39, 0.29) is 18.4 Å². The van der Waals surface area contributed by atoms with E-state index in [4.69, 9.17) is 16.2 Å². The van der Waals surface area contributed by atoms with Gasteiger partial charge in [-0.3, -0.25) is 9.59 Å². The van der Waals surface area contributed by atoms with Gasteiger partial charge >= 0.3 is 0 Å². The second kappa shape index (κ2) is 7.19. The molecule has 0 aromatic heterocycles. The summed E-state index contributed by atoms with van der Waals surface area (Å²) in [5, 5.41) is 2.67. The first-order valence-corrected chi connectivity index (χ1v) is 4.80. The molecule has 0 aromatic rings. The number of carbonyl (C=O) groups is 2. The maximum absolute atomic E-state index is 11.4. The first-order valence-electron chi connectivity index (χ1n) is 4.80. The van der Waals surface area contributed by atoms with E-state index in [9.17, 15) is 9.59 Å². The van der Waals surface area contributed by atoms with Crippen molar-refractivity contribution in [3.05, 3.63) is 0 Å². The minimum atomic E-state index is -0.868. The molecule has 0 aliphatic rings. The van der Waals surface area contributed by atoms with Crippen molar-refractivity contribution in [2.45, 2.75) is 31.8 Å². The lowest BCUT2D eigenvalue weighted by atomic mass is 10.1. The second-order valence-electron chi connectivity index (χ2n) is 3.47.